The molecule has 0 aliphatic heterocycles. The Hall–Kier alpha value is -6.91. The van der Waals surface area contributed by atoms with E-state index in [2.05, 4.69) is 124 Å². The minimum atomic E-state index is -1.52. The SMILES string of the molecule is [C-]#[N+]c1cccc(N(c2ccc([Si](C)(C)C)cc2)c2ccc3ccc4c(N(c5cccc(C#N)c5)c5cccc([N+]#[C-])c5)ccc5ccc2c3c54)c1. The number of hydrogen-bond acceptors (Lipinski definition) is 3. The van der Waals surface area contributed by atoms with Crippen LogP contribution in [0.5, 0.6) is 0 Å². The molecule has 0 atom stereocenters. The molecule has 8 aromatic rings. The van der Waals surface area contributed by atoms with Crippen LogP contribution in [0.15, 0.2) is 146 Å². The Morgan fingerprint density at radius 1 is 0.519 bits per heavy atom. The molecule has 0 radical (unpaired) electrons. The van der Waals surface area contributed by atoms with Crippen molar-refractivity contribution in [3.63, 3.8) is 0 Å². The summed E-state index contributed by atoms with van der Waals surface area (Å²) in [5, 5.41) is 17.9. The highest BCUT2D eigenvalue weighted by Crippen LogP contribution is 2.48. The highest BCUT2D eigenvalue weighted by molar-refractivity contribution is 6.88. The maximum Gasteiger partial charge on any atom is 0.189 e. The molecule has 0 heterocycles. The number of benzene rings is 8. The van der Waals surface area contributed by atoms with Crippen LogP contribution in [0, 0.1) is 24.5 Å². The van der Waals surface area contributed by atoms with Gasteiger partial charge in [-0.1, -0.05) is 104 Å². The summed E-state index contributed by atoms with van der Waals surface area (Å²) in [5.41, 5.74) is 7.30. The molecule has 0 aliphatic carbocycles. The maximum absolute atomic E-state index is 9.81. The van der Waals surface area contributed by atoms with Crippen molar-refractivity contribution in [2.45, 2.75) is 19.6 Å². The summed E-state index contributed by atoms with van der Waals surface area (Å²) in [6, 6.07) is 51.7. The predicted molar refractivity (Wildman–Crippen MR) is 220 cm³/mol. The van der Waals surface area contributed by atoms with E-state index >= 15 is 0 Å². The molecule has 0 aromatic heterocycles. The Balaban J connectivity index is 1.40. The predicted octanol–water partition coefficient (Wildman–Crippen LogP) is 13.0. The van der Waals surface area contributed by atoms with Crippen molar-refractivity contribution >= 4 is 91.1 Å². The standard InChI is InChI=1S/C46H33N5Si/c1-48-34-10-7-13-38(28-34)50(36-19-21-40(22-20-36)52(3,4)5)43-25-17-32-16-24-42-44(26-18-33-15-23-41(43)45(32)46(33)42)51(37-12-6-9-31(27-37)30-47)39-14-8-11-35(29-39)49-2/h6-29H,3-5H3. The summed E-state index contributed by atoms with van der Waals surface area (Å²) < 4.78 is 0. The zero-order valence-corrected chi connectivity index (χ0v) is 30.1. The molecule has 0 saturated carbocycles. The van der Waals surface area contributed by atoms with Crippen LogP contribution >= 0.6 is 0 Å². The second kappa shape index (κ2) is 12.8. The lowest BCUT2D eigenvalue weighted by atomic mass is 9.91. The van der Waals surface area contributed by atoms with Crippen LogP contribution in [-0.4, -0.2) is 8.07 Å². The second-order valence-electron chi connectivity index (χ2n) is 14.0. The Bertz CT molecular complexity index is 2720. The molecule has 8 rings (SSSR count). The zero-order valence-electron chi connectivity index (χ0n) is 29.1. The van der Waals surface area contributed by atoms with Crippen molar-refractivity contribution in [3.05, 3.63) is 174 Å². The molecule has 0 saturated heterocycles. The largest absolute Gasteiger partial charge is 0.311 e. The van der Waals surface area contributed by atoms with Gasteiger partial charge in [-0.15, -0.1) is 0 Å². The number of anilines is 6. The number of hydrogen-bond donors (Lipinski definition) is 0. The minimum Gasteiger partial charge on any atom is -0.311 e. The lowest BCUT2D eigenvalue weighted by molar-refractivity contribution is 1.29. The fourth-order valence-corrected chi connectivity index (χ4v) is 8.41. The van der Waals surface area contributed by atoms with Gasteiger partial charge in [-0.05, 0) is 88.3 Å². The fourth-order valence-electron chi connectivity index (χ4n) is 7.24. The first-order chi connectivity index (χ1) is 25.3. The van der Waals surface area contributed by atoms with E-state index in [1.165, 1.54) is 5.19 Å². The van der Waals surface area contributed by atoms with Crippen LogP contribution in [0.2, 0.25) is 19.6 Å². The first kappa shape index (κ1) is 32.3. The lowest BCUT2D eigenvalue weighted by Crippen LogP contribution is -2.37. The normalized spacial score (nSPS) is 11.3. The molecule has 52 heavy (non-hydrogen) atoms. The average molecular weight is 684 g/mol. The van der Waals surface area contributed by atoms with Gasteiger partial charge in [-0.2, -0.15) is 5.26 Å². The number of rotatable bonds is 7. The van der Waals surface area contributed by atoms with E-state index in [0.717, 1.165) is 66.4 Å². The lowest BCUT2D eigenvalue weighted by Gasteiger charge is -2.30. The van der Waals surface area contributed by atoms with E-state index in [1.807, 2.05) is 60.7 Å². The van der Waals surface area contributed by atoms with E-state index in [9.17, 15) is 5.26 Å². The number of nitriles is 1. The molecule has 0 amide bonds. The van der Waals surface area contributed by atoms with Gasteiger partial charge in [0.2, 0.25) is 0 Å². The van der Waals surface area contributed by atoms with Crippen molar-refractivity contribution in [3.8, 4) is 6.07 Å². The Morgan fingerprint density at radius 2 is 0.981 bits per heavy atom. The molecule has 0 fully saturated rings. The molecule has 0 bridgehead atoms. The van der Waals surface area contributed by atoms with E-state index in [1.54, 1.807) is 6.07 Å². The summed E-state index contributed by atoms with van der Waals surface area (Å²) >= 11 is 0. The highest BCUT2D eigenvalue weighted by Gasteiger charge is 2.23. The van der Waals surface area contributed by atoms with Gasteiger partial charge in [0, 0.05) is 33.5 Å². The Kier molecular flexibility index (Phi) is 7.93. The quantitative estimate of drug-likeness (QED) is 0.0953. The Morgan fingerprint density at radius 3 is 1.46 bits per heavy atom. The first-order valence-electron chi connectivity index (χ1n) is 17.1. The van der Waals surface area contributed by atoms with Crippen molar-refractivity contribution in [1.29, 1.82) is 5.26 Å². The molecule has 5 nitrogen and oxygen atoms in total. The minimum absolute atomic E-state index is 0.543. The topological polar surface area (TPSA) is 39.0 Å². The third-order valence-corrected chi connectivity index (χ3v) is 11.8. The summed E-state index contributed by atoms with van der Waals surface area (Å²) in [6.07, 6.45) is 0. The molecule has 246 valence electrons. The molecular formula is C46H33N5Si. The van der Waals surface area contributed by atoms with Gasteiger partial charge in [-0.3, -0.25) is 0 Å². The third kappa shape index (κ3) is 5.57. The van der Waals surface area contributed by atoms with Gasteiger partial charge in [0.1, 0.15) is 0 Å². The average Bonchev–Trinajstić information content (AvgIpc) is 3.18. The van der Waals surface area contributed by atoms with Crippen LogP contribution in [0.25, 0.3) is 42.0 Å². The first-order valence-corrected chi connectivity index (χ1v) is 20.6. The summed E-state index contributed by atoms with van der Waals surface area (Å²) in [5.74, 6) is 0. The summed E-state index contributed by atoms with van der Waals surface area (Å²) in [4.78, 5) is 11.9. The maximum atomic E-state index is 9.81. The number of nitrogens with zero attached hydrogens (tertiary/aromatic N) is 5. The highest BCUT2D eigenvalue weighted by atomic mass is 28.3. The van der Waals surface area contributed by atoms with Gasteiger partial charge < -0.3 is 9.80 Å². The van der Waals surface area contributed by atoms with E-state index in [0.29, 0.717) is 16.9 Å². The van der Waals surface area contributed by atoms with Gasteiger partial charge in [-0.25, -0.2) is 9.69 Å². The van der Waals surface area contributed by atoms with Crippen molar-refractivity contribution in [2.24, 2.45) is 0 Å². The molecule has 6 heteroatoms. The zero-order chi connectivity index (χ0) is 36.0. The van der Waals surface area contributed by atoms with Crippen LogP contribution in [0.3, 0.4) is 0 Å². The summed E-state index contributed by atoms with van der Waals surface area (Å²) in [7, 11) is -1.52. The van der Waals surface area contributed by atoms with Gasteiger partial charge in [0.15, 0.2) is 11.4 Å². The van der Waals surface area contributed by atoms with Crippen LogP contribution < -0.4 is 15.0 Å². The van der Waals surface area contributed by atoms with Crippen LogP contribution in [0.1, 0.15) is 5.56 Å². The van der Waals surface area contributed by atoms with Gasteiger partial charge in [0.25, 0.3) is 0 Å². The van der Waals surface area contributed by atoms with Gasteiger partial charge in [0.05, 0.1) is 44.2 Å². The van der Waals surface area contributed by atoms with Crippen LogP contribution in [-0.2, 0) is 0 Å². The van der Waals surface area contributed by atoms with Gasteiger partial charge >= 0.3 is 0 Å². The summed E-state index contributed by atoms with van der Waals surface area (Å²) in [6.45, 7) is 22.5. The Labute approximate surface area is 304 Å². The molecule has 0 spiro atoms. The van der Waals surface area contributed by atoms with Crippen molar-refractivity contribution in [1.82, 2.24) is 0 Å². The van der Waals surface area contributed by atoms with E-state index < -0.39 is 8.07 Å². The molecule has 0 unspecified atom stereocenters. The van der Waals surface area contributed by atoms with Crippen LogP contribution in [0.4, 0.5) is 45.5 Å². The van der Waals surface area contributed by atoms with Crippen molar-refractivity contribution < 1.29 is 0 Å². The molecule has 0 N–H and O–H groups in total. The van der Waals surface area contributed by atoms with E-state index in [-0.39, 0.29) is 0 Å². The monoisotopic (exact) mass is 683 g/mol. The van der Waals surface area contributed by atoms with Crippen molar-refractivity contribution in [2.75, 3.05) is 9.80 Å². The third-order valence-electron chi connectivity index (χ3n) is 9.76. The second-order valence-corrected chi connectivity index (χ2v) is 19.1. The molecule has 8 aromatic carbocycles. The van der Waals surface area contributed by atoms with E-state index in [4.69, 9.17) is 13.1 Å². The molecule has 0 aliphatic rings. The smallest absolute Gasteiger partial charge is 0.189 e. The fraction of sp³-hybridized carbons (Fsp3) is 0.0652. The molecular weight excluding hydrogens is 651 g/mol.